The van der Waals surface area contributed by atoms with Gasteiger partial charge < -0.3 is 14.5 Å². The Kier molecular flexibility index (Phi) is 4.41. The zero-order valence-electron chi connectivity index (χ0n) is 14.1. The minimum atomic E-state index is 0.474. The summed E-state index contributed by atoms with van der Waals surface area (Å²) >= 11 is 6.19. The number of nitrogens with zero attached hydrogens (tertiary/aromatic N) is 4. The Morgan fingerprint density at radius 3 is 2.62 bits per heavy atom. The second kappa shape index (κ2) is 7.01. The first-order valence-corrected chi connectivity index (χ1v) is 8.46. The first-order chi connectivity index (χ1) is 12.7. The molecule has 1 N–H and O–H groups in total. The Morgan fingerprint density at radius 1 is 1.04 bits per heavy atom. The molecule has 3 heterocycles. The van der Waals surface area contributed by atoms with E-state index >= 15 is 0 Å². The molecule has 3 aromatic heterocycles. The van der Waals surface area contributed by atoms with E-state index in [1.165, 1.54) is 0 Å². The second-order valence-electron chi connectivity index (χ2n) is 5.66. The van der Waals surface area contributed by atoms with Crippen molar-refractivity contribution in [2.24, 2.45) is 0 Å². The monoisotopic (exact) mass is 365 g/mol. The maximum atomic E-state index is 6.19. The number of nitrogens with one attached hydrogen (secondary N) is 1. The lowest BCUT2D eigenvalue weighted by molar-refractivity contribution is 0.392. The molecule has 130 valence electrons. The van der Waals surface area contributed by atoms with Gasteiger partial charge in [-0.3, -0.25) is 0 Å². The van der Waals surface area contributed by atoms with Crippen LogP contribution in [0.25, 0.3) is 16.9 Å². The Labute approximate surface area is 155 Å². The molecule has 0 unspecified atom stereocenters. The minimum absolute atomic E-state index is 0.474. The van der Waals surface area contributed by atoms with Gasteiger partial charge in [0.15, 0.2) is 0 Å². The molecule has 0 aliphatic heterocycles. The number of anilines is 1. The third-order valence-electron chi connectivity index (χ3n) is 4.01. The standard InChI is InChI=1S/C19H16ClN5O/c1-26-18-10-8-16(23-24-18)21-11-15-19(13-5-3-2-4-6-13)22-17-9-7-14(20)12-25(15)17/h2-10,12H,11H2,1H3,(H,21,23). The van der Waals surface area contributed by atoms with Crippen LogP contribution in [-0.2, 0) is 6.54 Å². The Bertz CT molecular complexity index is 1030. The number of ether oxygens (including phenoxy) is 1. The molecule has 26 heavy (non-hydrogen) atoms. The van der Waals surface area contributed by atoms with Crippen LogP contribution in [-0.4, -0.2) is 26.7 Å². The van der Waals surface area contributed by atoms with Crippen LogP contribution in [0.15, 0.2) is 60.8 Å². The number of imidazole rings is 1. The lowest BCUT2D eigenvalue weighted by Crippen LogP contribution is -2.06. The average molecular weight is 366 g/mol. The Morgan fingerprint density at radius 2 is 1.88 bits per heavy atom. The predicted octanol–water partition coefficient (Wildman–Crippen LogP) is 4.07. The van der Waals surface area contributed by atoms with Gasteiger partial charge in [0.2, 0.25) is 5.88 Å². The number of benzene rings is 1. The molecule has 0 aliphatic rings. The number of hydrogen-bond donors (Lipinski definition) is 1. The van der Waals surface area contributed by atoms with E-state index in [1.807, 2.05) is 59.1 Å². The normalized spacial score (nSPS) is 10.8. The molecule has 7 heteroatoms. The summed E-state index contributed by atoms with van der Waals surface area (Å²) in [4.78, 5) is 4.77. The molecule has 0 aliphatic carbocycles. The van der Waals surface area contributed by atoms with Crippen LogP contribution < -0.4 is 10.1 Å². The van der Waals surface area contributed by atoms with Crippen LogP contribution in [0.1, 0.15) is 5.69 Å². The molecular weight excluding hydrogens is 350 g/mol. The average Bonchev–Trinajstić information content (AvgIpc) is 3.05. The lowest BCUT2D eigenvalue weighted by atomic mass is 10.1. The number of halogens is 1. The summed E-state index contributed by atoms with van der Waals surface area (Å²) in [7, 11) is 1.56. The maximum absolute atomic E-state index is 6.19. The van der Waals surface area contributed by atoms with E-state index in [0.717, 1.165) is 22.6 Å². The minimum Gasteiger partial charge on any atom is -0.480 e. The van der Waals surface area contributed by atoms with Crippen molar-refractivity contribution in [3.8, 4) is 17.1 Å². The fraction of sp³-hybridized carbons (Fsp3) is 0.105. The maximum Gasteiger partial charge on any atom is 0.233 e. The lowest BCUT2D eigenvalue weighted by Gasteiger charge is -2.08. The summed E-state index contributed by atoms with van der Waals surface area (Å²) in [5.74, 6) is 1.13. The number of methoxy groups -OCH3 is 1. The van der Waals surface area contributed by atoms with Crippen molar-refractivity contribution in [1.82, 2.24) is 19.6 Å². The van der Waals surface area contributed by atoms with Crippen LogP contribution in [0.4, 0.5) is 5.82 Å². The van der Waals surface area contributed by atoms with Crippen molar-refractivity contribution in [3.05, 3.63) is 71.5 Å². The van der Waals surface area contributed by atoms with Crippen molar-refractivity contribution >= 4 is 23.1 Å². The molecule has 4 rings (SSSR count). The smallest absolute Gasteiger partial charge is 0.233 e. The summed E-state index contributed by atoms with van der Waals surface area (Å²) < 4.78 is 7.03. The molecule has 0 fully saturated rings. The van der Waals surface area contributed by atoms with Gasteiger partial charge in [0.05, 0.1) is 30.1 Å². The molecule has 4 aromatic rings. The van der Waals surface area contributed by atoms with Crippen molar-refractivity contribution in [2.75, 3.05) is 12.4 Å². The highest BCUT2D eigenvalue weighted by molar-refractivity contribution is 6.30. The Hall–Kier alpha value is -3.12. The van der Waals surface area contributed by atoms with Crippen molar-refractivity contribution in [3.63, 3.8) is 0 Å². The summed E-state index contributed by atoms with van der Waals surface area (Å²) in [5, 5.41) is 12.0. The first kappa shape index (κ1) is 16.4. The highest BCUT2D eigenvalue weighted by Gasteiger charge is 2.14. The van der Waals surface area contributed by atoms with Crippen molar-refractivity contribution < 1.29 is 4.74 Å². The van der Waals surface area contributed by atoms with Crippen LogP contribution in [0.3, 0.4) is 0 Å². The largest absolute Gasteiger partial charge is 0.480 e. The van der Waals surface area contributed by atoms with E-state index in [4.69, 9.17) is 21.3 Å². The van der Waals surface area contributed by atoms with E-state index in [1.54, 1.807) is 13.2 Å². The SMILES string of the molecule is COc1ccc(NCc2c(-c3ccccc3)nc3ccc(Cl)cn23)nn1. The van der Waals surface area contributed by atoms with Crippen LogP contribution in [0, 0.1) is 0 Å². The van der Waals surface area contributed by atoms with Crippen LogP contribution in [0.5, 0.6) is 5.88 Å². The van der Waals surface area contributed by atoms with Gasteiger partial charge in [0.1, 0.15) is 11.5 Å². The molecule has 0 radical (unpaired) electrons. The fourth-order valence-electron chi connectivity index (χ4n) is 2.76. The van der Waals surface area contributed by atoms with E-state index in [2.05, 4.69) is 15.5 Å². The summed E-state index contributed by atoms with van der Waals surface area (Å²) in [6, 6.07) is 17.4. The van der Waals surface area contributed by atoms with Gasteiger partial charge in [-0.25, -0.2) is 4.98 Å². The first-order valence-electron chi connectivity index (χ1n) is 8.08. The third-order valence-corrected chi connectivity index (χ3v) is 4.24. The van der Waals surface area contributed by atoms with E-state index in [9.17, 15) is 0 Å². The second-order valence-corrected chi connectivity index (χ2v) is 6.10. The highest BCUT2D eigenvalue weighted by Crippen LogP contribution is 2.26. The number of pyridine rings is 1. The topological polar surface area (TPSA) is 64.3 Å². The van der Waals surface area contributed by atoms with Gasteiger partial charge in [0, 0.05) is 17.8 Å². The molecule has 0 spiro atoms. The quantitative estimate of drug-likeness (QED) is 0.577. The van der Waals surface area contributed by atoms with E-state index in [0.29, 0.717) is 23.3 Å². The third kappa shape index (κ3) is 3.19. The molecule has 0 atom stereocenters. The van der Waals surface area contributed by atoms with Crippen molar-refractivity contribution in [2.45, 2.75) is 6.54 Å². The van der Waals surface area contributed by atoms with Gasteiger partial charge in [0.25, 0.3) is 0 Å². The van der Waals surface area contributed by atoms with Gasteiger partial charge in [-0.1, -0.05) is 41.9 Å². The number of fused-ring (bicyclic) bond motifs is 1. The molecule has 0 amide bonds. The zero-order chi connectivity index (χ0) is 17.9. The van der Waals surface area contributed by atoms with E-state index < -0.39 is 0 Å². The summed E-state index contributed by atoms with van der Waals surface area (Å²) in [6.45, 7) is 0.521. The molecule has 1 aromatic carbocycles. The number of rotatable bonds is 5. The van der Waals surface area contributed by atoms with Gasteiger partial charge in [-0.2, -0.15) is 0 Å². The summed E-state index contributed by atoms with van der Waals surface area (Å²) in [5.41, 5.74) is 3.78. The van der Waals surface area contributed by atoms with Crippen molar-refractivity contribution in [1.29, 1.82) is 0 Å². The molecule has 0 bridgehead atoms. The van der Waals surface area contributed by atoms with Gasteiger partial charge in [-0.05, 0) is 18.2 Å². The zero-order valence-corrected chi connectivity index (χ0v) is 14.8. The van der Waals surface area contributed by atoms with Crippen LogP contribution >= 0.6 is 11.6 Å². The predicted molar refractivity (Wildman–Crippen MR) is 102 cm³/mol. The number of aromatic nitrogens is 4. The fourth-order valence-corrected chi connectivity index (χ4v) is 2.92. The Balaban J connectivity index is 1.72. The van der Waals surface area contributed by atoms with Gasteiger partial charge in [-0.15, -0.1) is 10.2 Å². The summed E-state index contributed by atoms with van der Waals surface area (Å²) in [6.07, 6.45) is 1.87. The highest BCUT2D eigenvalue weighted by atomic mass is 35.5. The molecule has 0 saturated heterocycles. The number of hydrogen-bond acceptors (Lipinski definition) is 5. The van der Waals surface area contributed by atoms with Gasteiger partial charge >= 0.3 is 0 Å². The molecule has 6 nitrogen and oxygen atoms in total. The molecular formula is C19H16ClN5O. The van der Waals surface area contributed by atoms with E-state index in [-0.39, 0.29) is 0 Å². The van der Waals surface area contributed by atoms with Crippen LogP contribution in [0.2, 0.25) is 5.02 Å². The molecule has 0 saturated carbocycles.